The van der Waals surface area contributed by atoms with Crippen LogP contribution >= 0.6 is 0 Å². The van der Waals surface area contributed by atoms with Crippen molar-refractivity contribution in [2.75, 3.05) is 19.6 Å². The van der Waals surface area contributed by atoms with E-state index >= 15 is 0 Å². The Hall–Kier alpha value is -2.04. The number of carboxylic acids is 1. The van der Waals surface area contributed by atoms with Crippen molar-refractivity contribution in [1.29, 1.82) is 0 Å². The average molecular weight is 260 g/mol. The van der Waals surface area contributed by atoms with E-state index in [9.17, 15) is 9.59 Å². The van der Waals surface area contributed by atoms with E-state index in [-0.39, 0.29) is 6.03 Å². The number of amides is 2. The zero-order valence-corrected chi connectivity index (χ0v) is 10.5. The number of carbonyl (C=O) groups is 2. The van der Waals surface area contributed by atoms with Gasteiger partial charge in [0.25, 0.3) is 0 Å². The number of nitrogens with zero attached hydrogens (tertiary/aromatic N) is 1. The molecule has 0 spiro atoms. The van der Waals surface area contributed by atoms with Gasteiger partial charge in [0.1, 0.15) is 0 Å². The van der Waals surface area contributed by atoms with Gasteiger partial charge in [-0.3, -0.25) is 4.79 Å². The second-order valence-corrected chi connectivity index (χ2v) is 5.23. The number of hydrogen-bond acceptors (Lipinski definition) is 2. The highest BCUT2D eigenvalue weighted by atomic mass is 16.4. The van der Waals surface area contributed by atoms with Crippen LogP contribution in [0.15, 0.2) is 24.3 Å². The molecule has 100 valence electrons. The molecule has 0 aromatic heterocycles. The molecule has 2 aliphatic rings. The summed E-state index contributed by atoms with van der Waals surface area (Å²) in [5.74, 6) is -0.816. The summed E-state index contributed by atoms with van der Waals surface area (Å²) in [6.07, 6.45) is 1.01. The summed E-state index contributed by atoms with van der Waals surface area (Å²) < 4.78 is 0. The van der Waals surface area contributed by atoms with E-state index in [1.807, 2.05) is 12.1 Å². The fourth-order valence-corrected chi connectivity index (χ4v) is 2.67. The molecule has 5 heteroatoms. The van der Waals surface area contributed by atoms with Crippen LogP contribution in [0.1, 0.15) is 17.0 Å². The van der Waals surface area contributed by atoms with Crippen molar-refractivity contribution in [1.82, 2.24) is 10.2 Å². The topological polar surface area (TPSA) is 69.6 Å². The molecule has 0 bridgehead atoms. The summed E-state index contributed by atoms with van der Waals surface area (Å²) in [5, 5.41) is 11.6. The zero-order chi connectivity index (χ0) is 13.4. The molecule has 0 saturated carbocycles. The summed E-state index contributed by atoms with van der Waals surface area (Å²) in [6.45, 7) is 1.27. The Morgan fingerprint density at radius 1 is 1.32 bits per heavy atom. The molecule has 1 aliphatic heterocycles. The normalized spacial score (nSPS) is 21.1. The van der Waals surface area contributed by atoms with E-state index in [1.165, 1.54) is 11.1 Å². The van der Waals surface area contributed by atoms with E-state index in [0.29, 0.717) is 25.6 Å². The predicted octanol–water partition coefficient (Wildman–Crippen LogP) is 1.05. The lowest BCUT2D eigenvalue weighted by Gasteiger charge is -2.37. The summed E-state index contributed by atoms with van der Waals surface area (Å²) >= 11 is 0. The molecule has 1 saturated heterocycles. The van der Waals surface area contributed by atoms with Crippen molar-refractivity contribution in [3.8, 4) is 0 Å². The fourth-order valence-electron chi connectivity index (χ4n) is 2.67. The smallest absolute Gasteiger partial charge is 0.317 e. The van der Waals surface area contributed by atoms with Crippen molar-refractivity contribution in [3.05, 3.63) is 35.4 Å². The van der Waals surface area contributed by atoms with Crippen molar-refractivity contribution < 1.29 is 14.7 Å². The number of urea groups is 1. The summed E-state index contributed by atoms with van der Waals surface area (Å²) in [6, 6.07) is 8.10. The quantitative estimate of drug-likeness (QED) is 0.853. The Balaban J connectivity index is 1.45. The van der Waals surface area contributed by atoms with Crippen LogP contribution in [0, 0.1) is 5.92 Å². The number of hydrogen-bond donors (Lipinski definition) is 2. The third-order valence-corrected chi connectivity index (χ3v) is 3.98. The van der Waals surface area contributed by atoms with E-state index in [1.54, 1.807) is 4.90 Å². The van der Waals surface area contributed by atoms with Gasteiger partial charge in [-0.05, 0) is 17.5 Å². The Morgan fingerprint density at radius 3 is 2.74 bits per heavy atom. The van der Waals surface area contributed by atoms with E-state index in [2.05, 4.69) is 17.4 Å². The van der Waals surface area contributed by atoms with Gasteiger partial charge >= 0.3 is 12.0 Å². The molecule has 1 fully saturated rings. The number of fused-ring (bicyclic) bond motifs is 1. The van der Waals surface area contributed by atoms with Crippen LogP contribution in [0.4, 0.5) is 4.79 Å². The van der Waals surface area contributed by atoms with Crippen molar-refractivity contribution in [3.63, 3.8) is 0 Å². The van der Waals surface area contributed by atoms with Crippen LogP contribution in [0.3, 0.4) is 0 Å². The van der Waals surface area contributed by atoms with Gasteiger partial charge in [0.2, 0.25) is 0 Å². The molecular weight excluding hydrogens is 244 g/mol. The maximum atomic E-state index is 11.8. The Bertz CT molecular complexity index is 523. The number of rotatable bonds is 3. The van der Waals surface area contributed by atoms with Crippen LogP contribution in [0.25, 0.3) is 0 Å². The number of carbonyl (C=O) groups excluding carboxylic acids is 1. The molecule has 2 N–H and O–H groups in total. The summed E-state index contributed by atoms with van der Waals surface area (Å²) in [5.41, 5.74) is 2.67. The fraction of sp³-hybridized carbons (Fsp3) is 0.429. The van der Waals surface area contributed by atoms with E-state index < -0.39 is 11.9 Å². The lowest BCUT2D eigenvalue weighted by atomic mass is 9.78. The Labute approximate surface area is 111 Å². The number of carboxylic acid groups (broad SMARTS) is 1. The first-order chi connectivity index (χ1) is 9.15. The van der Waals surface area contributed by atoms with Crippen LogP contribution in [-0.2, 0) is 11.2 Å². The summed E-state index contributed by atoms with van der Waals surface area (Å²) in [7, 11) is 0. The minimum atomic E-state index is -0.822. The molecule has 1 atom stereocenters. The first-order valence-corrected chi connectivity index (χ1v) is 6.48. The molecular formula is C14H16N2O3. The lowest BCUT2D eigenvalue weighted by Crippen LogP contribution is -2.56. The maximum Gasteiger partial charge on any atom is 0.317 e. The maximum absolute atomic E-state index is 11.8. The van der Waals surface area contributed by atoms with Gasteiger partial charge in [-0.2, -0.15) is 0 Å². The molecule has 19 heavy (non-hydrogen) atoms. The molecule has 1 heterocycles. The number of benzene rings is 1. The third-order valence-electron chi connectivity index (χ3n) is 3.98. The lowest BCUT2D eigenvalue weighted by molar-refractivity contribution is -0.146. The van der Waals surface area contributed by atoms with Crippen LogP contribution in [-0.4, -0.2) is 41.6 Å². The highest BCUT2D eigenvalue weighted by molar-refractivity contribution is 5.79. The first kappa shape index (κ1) is 12.0. The van der Waals surface area contributed by atoms with Gasteiger partial charge in [-0.1, -0.05) is 24.3 Å². The first-order valence-electron chi connectivity index (χ1n) is 6.48. The molecule has 2 amide bonds. The van der Waals surface area contributed by atoms with E-state index in [0.717, 1.165) is 6.42 Å². The number of nitrogens with one attached hydrogen (secondary N) is 1. The molecule has 5 nitrogen and oxygen atoms in total. The van der Waals surface area contributed by atoms with Crippen molar-refractivity contribution in [2.24, 2.45) is 5.92 Å². The van der Waals surface area contributed by atoms with E-state index in [4.69, 9.17) is 5.11 Å². The van der Waals surface area contributed by atoms with Gasteiger partial charge in [-0.25, -0.2) is 4.79 Å². The molecule has 1 aromatic rings. The van der Waals surface area contributed by atoms with Crippen LogP contribution < -0.4 is 5.32 Å². The van der Waals surface area contributed by atoms with Crippen LogP contribution in [0.5, 0.6) is 0 Å². The van der Waals surface area contributed by atoms with Crippen molar-refractivity contribution in [2.45, 2.75) is 12.3 Å². The second kappa shape index (κ2) is 4.57. The molecule has 1 unspecified atom stereocenters. The molecule has 3 rings (SSSR count). The van der Waals surface area contributed by atoms with Gasteiger partial charge in [0.15, 0.2) is 0 Å². The molecule has 0 radical (unpaired) electrons. The number of aliphatic carboxylic acids is 1. The minimum absolute atomic E-state index is 0.151. The SMILES string of the molecule is O=C(O)C1CN(C(=O)NCC2Cc3ccccc32)C1. The van der Waals surface area contributed by atoms with Gasteiger partial charge in [0, 0.05) is 25.6 Å². The largest absolute Gasteiger partial charge is 0.481 e. The van der Waals surface area contributed by atoms with Gasteiger partial charge in [-0.15, -0.1) is 0 Å². The Morgan fingerprint density at radius 2 is 2.05 bits per heavy atom. The van der Waals surface area contributed by atoms with Gasteiger partial charge < -0.3 is 15.3 Å². The van der Waals surface area contributed by atoms with Crippen LogP contribution in [0.2, 0.25) is 0 Å². The highest BCUT2D eigenvalue weighted by Crippen LogP contribution is 2.34. The minimum Gasteiger partial charge on any atom is -0.481 e. The zero-order valence-electron chi connectivity index (χ0n) is 10.5. The van der Waals surface area contributed by atoms with Crippen molar-refractivity contribution >= 4 is 12.0 Å². The number of likely N-dealkylation sites (tertiary alicyclic amines) is 1. The highest BCUT2D eigenvalue weighted by Gasteiger charge is 2.36. The summed E-state index contributed by atoms with van der Waals surface area (Å²) in [4.78, 5) is 24.0. The molecule has 1 aliphatic carbocycles. The standard InChI is InChI=1S/C14H16N2O3/c17-13(18)11-7-16(8-11)14(19)15-6-10-5-9-3-1-2-4-12(9)10/h1-4,10-11H,5-8H2,(H,15,19)(H,17,18). The second-order valence-electron chi connectivity index (χ2n) is 5.23. The average Bonchev–Trinajstić information content (AvgIpc) is 2.27. The monoisotopic (exact) mass is 260 g/mol. The molecule has 1 aromatic carbocycles. The predicted molar refractivity (Wildman–Crippen MR) is 69.0 cm³/mol. The Kier molecular flexibility index (Phi) is 2.89. The van der Waals surface area contributed by atoms with Gasteiger partial charge in [0.05, 0.1) is 5.92 Å². The third kappa shape index (κ3) is 2.16.